The van der Waals surface area contributed by atoms with E-state index in [9.17, 15) is 4.79 Å². The van der Waals surface area contributed by atoms with Crippen molar-refractivity contribution in [2.75, 3.05) is 20.8 Å². The van der Waals surface area contributed by atoms with Gasteiger partial charge in [-0.25, -0.2) is 0 Å². The number of hydrogen-bond acceptors (Lipinski definition) is 4. The van der Waals surface area contributed by atoms with Crippen molar-refractivity contribution in [1.82, 2.24) is 10.6 Å². The largest absolute Gasteiger partial charge is 0.493 e. The van der Waals surface area contributed by atoms with Crippen LogP contribution in [0.5, 0.6) is 11.5 Å². The average Bonchev–Trinajstić information content (AvgIpc) is 2.67. The van der Waals surface area contributed by atoms with Crippen molar-refractivity contribution in [3.63, 3.8) is 0 Å². The molecule has 5 nitrogen and oxygen atoms in total. The fourth-order valence-corrected chi connectivity index (χ4v) is 2.49. The molecule has 0 spiro atoms. The van der Waals surface area contributed by atoms with Crippen molar-refractivity contribution < 1.29 is 14.3 Å². The van der Waals surface area contributed by atoms with Gasteiger partial charge in [0.15, 0.2) is 16.6 Å². The third-order valence-electron chi connectivity index (χ3n) is 3.61. The topological polar surface area (TPSA) is 59.6 Å². The van der Waals surface area contributed by atoms with E-state index in [-0.39, 0.29) is 5.91 Å². The normalized spacial score (nSPS) is 10.4. The maximum absolute atomic E-state index is 12.0. The molecule has 26 heavy (non-hydrogen) atoms. The van der Waals surface area contributed by atoms with Gasteiger partial charge >= 0.3 is 0 Å². The number of ether oxygens (including phenoxy) is 2. The molecule has 0 saturated heterocycles. The van der Waals surface area contributed by atoms with E-state index in [1.165, 1.54) is 11.6 Å². The van der Waals surface area contributed by atoms with E-state index >= 15 is 0 Å². The van der Waals surface area contributed by atoms with Crippen LogP contribution in [0, 0.1) is 0 Å². The minimum atomic E-state index is -0.294. The van der Waals surface area contributed by atoms with Gasteiger partial charge < -0.3 is 14.8 Å². The summed E-state index contributed by atoms with van der Waals surface area (Å²) in [4.78, 5) is 12.0. The molecule has 0 aliphatic rings. The van der Waals surface area contributed by atoms with Crippen LogP contribution in [-0.4, -0.2) is 31.8 Å². The zero-order chi connectivity index (χ0) is 18.8. The Morgan fingerprint density at radius 2 is 1.81 bits per heavy atom. The number of rotatable bonds is 7. The second kappa shape index (κ2) is 10.2. The first kappa shape index (κ1) is 19.5. The summed E-state index contributed by atoms with van der Waals surface area (Å²) in [6.07, 6.45) is 3.94. The summed E-state index contributed by atoms with van der Waals surface area (Å²) in [7, 11) is 3.14. The number of amides is 1. The monoisotopic (exact) mass is 370 g/mol. The van der Waals surface area contributed by atoms with Crippen LogP contribution in [-0.2, 0) is 11.2 Å². The Morgan fingerprint density at radius 3 is 2.50 bits per heavy atom. The Kier molecular flexibility index (Phi) is 7.64. The number of nitrogens with one attached hydrogen (secondary N) is 2. The van der Waals surface area contributed by atoms with Crippen molar-refractivity contribution in [3.05, 3.63) is 65.7 Å². The van der Waals surface area contributed by atoms with Crippen LogP contribution >= 0.6 is 12.2 Å². The molecule has 0 aromatic heterocycles. The highest BCUT2D eigenvalue weighted by Gasteiger charge is 2.04. The molecule has 0 heterocycles. The molecule has 1 amide bonds. The standard InChI is InChI=1S/C20H22N2O3S/c1-24-17-10-8-16(14-18(17)25-2)9-11-19(23)22-20(26)21-13-12-15-6-4-3-5-7-15/h3-11,14H,12-13H2,1-2H3,(H2,21,22,23,26). The van der Waals surface area contributed by atoms with E-state index in [1.54, 1.807) is 32.4 Å². The molecule has 2 rings (SSSR count). The van der Waals surface area contributed by atoms with Gasteiger partial charge in [-0.3, -0.25) is 10.1 Å². The first-order valence-electron chi connectivity index (χ1n) is 8.15. The number of carbonyl (C=O) groups is 1. The number of carbonyl (C=O) groups excluding carboxylic acids is 1. The summed E-state index contributed by atoms with van der Waals surface area (Å²) in [6, 6.07) is 15.5. The summed E-state index contributed by atoms with van der Waals surface area (Å²) in [5.74, 6) is 0.947. The predicted octanol–water partition coefficient (Wildman–Crippen LogP) is 2.95. The minimum absolute atomic E-state index is 0.294. The fourth-order valence-electron chi connectivity index (χ4n) is 2.29. The quantitative estimate of drug-likeness (QED) is 0.580. The van der Waals surface area contributed by atoms with Gasteiger partial charge in [0.05, 0.1) is 14.2 Å². The van der Waals surface area contributed by atoms with Gasteiger partial charge in [-0.2, -0.15) is 0 Å². The molecule has 0 saturated carbocycles. The van der Waals surface area contributed by atoms with Crippen LogP contribution in [0.2, 0.25) is 0 Å². The van der Waals surface area contributed by atoms with Gasteiger partial charge in [-0.1, -0.05) is 36.4 Å². The van der Waals surface area contributed by atoms with Gasteiger partial charge in [0.1, 0.15) is 0 Å². The lowest BCUT2D eigenvalue weighted by molar-refractivity contribution is -0.115. The van der Waals surface area contributed by atoms with Gasteiger partial charge in [-0.15, -0.1) is 0 Å². The minimum Gasteiger partial charge on any atom is -0.493 e. The number of benzene rings is 2. The maximum Gasteiger partial charge on any atom is 0.250 e. The third-order valence-corrected chi connectivity index (χ3v) is 3.86. The lowest BCUT2D eigenvalue weighted by Crippen LogP contribution is -2.39. The lowest BCUT2D eigenvalue weighted by atomic mass is 10.1. The van der Waals surface area contributed by atoms with Gasteiger partial charge in [-0.05, 0) is 48.0 Å². The summed E-state index contributed by atoms with van der Waals surface area (Å²) in [5.41, 5.74) is 2.03. The van der Waals surface area contributed by atoms with Crippen LogP contribution in [0.1, 0.15) is 11.1 Å². The Balaban J connectivity index is 1.80. The molecular weight excluding hydrogens is 348 g/mol. The molecule has 6 heteroatoms. The molecule has 0 aliphatic heterocycles. The third kappa shape index (κ3) is 6.22. The number of methoxy groups -OCH3 is 2. The molecule has 0 bridgehead atoms. The molecule has 0 aliphatic carbocycles. The van der Waals surface area contributed by atoms with Crippen molar-refractivity contribution in [1.29, 1.82) is 0 Å². The second-order valence-corrected chi connectivity index (χ2v) is 5.84. The lowest BCUT2D eigenvalue weighted by Gasteiger charge is -2.08. The van der Waals surface area contributed by atoms with Crippen LogP contribution in [0.3, 0.4) is 0 Å². The van der Waals surface area contributed by atoms with Crippen molar-refractivity contribution in [3.8, 4) is 11.5 Å². The van der Waals surface area contributed by atoms with E-state index in [1.807, 2.05) is 24.3 Å². The predicted molar refractivity (Wildman–Crippen MR) is 107 cm³/mol. The number of hydrogen-bond donors (Lipinski definition) is 2. The van der Waals surface area contributed by atoms with Crippen molar-refractivity contribution in [2.24, 2.45) is 0 Å². The highest BCUT2D eigenvalue weighted by Crippen LogP contribution is 2.27. The molecule has 2 aromatic carbocycles. The number of thiocarbonyl (C=S) groups is 1. The van der Waals surface area contributed by atoms with Crippen LogP contribution in [0.25, 0.3) is 6.08 Å². The van der Waals surface area contributed by atoms with Gasteiger partial charge in [0, 0.05) is 12.6 Å². The molecular formula is C20H22N2O3S. The summed E-state index contributed by atoms with van der Waals surface area (Å²) in [5, 5.41) is 5.96. The SMILES string of the molecule is COc1ccc(C=CC(=O)NC(=S)NCCc2ccccc2)cc1OC. The second-order valence-electron chi connectivity index (χ2n) is 5.43. The van der Waals surface area contributed by atoms with Crippen LogP contribution < -0.4 is 20.1 Å². The molecule has 0 atom stereocenters. The highest BCUT2D eigenvalue weighted by molar-refractivity contribution is 7.80. The highest BCUT2D eigenvalue weighted by atomic mass is 32.1. The Morgan fingerprint density at radius 1 is 1.08 bits per heavy atom. The van der Waals surface area contributed by atoms with Crippen LogP contribution in [0.15, 0.2) is 54.6 Å². The summed E-state index contributed by atoms with van der Waals surface area (Å²) < 4.78 is 10.4. The first-order valence-corrected chi connectivity index (χ1v) is 8.56. The van der Waals surface area contributed by atoms with Gasteiger partial charge in [0.2, 0.25) is 5.91 Å². The zero-order valence-corrected chi connectivity index (χ0v) is 15.6. The Hall–Kier alpha value is -2.86. The molecule has 0 radical (unpaired) electrons. The average molecular weight is 370 g/mol. The van der Waals surface area contributed by atoms with E-state index < -0.39 is 0 Å². The Bertz CT molecular complexity index is 776. The molecule has 136 valence electrons. The molecule has 2 N–H and O–H groups in total. The van der Waals surface area contributed by atoms with Crippen LogP contribution in [0.4, 0.5) is 0 Å². The summed E-state index contributed by atoms with van der Waals surface area (Å²) in [6.45, 7) is 0.655. The van der Waals surface area contributed by atoms with E-state index in [4.69, 9.17) is 21.7 Å². The smallest absolute Gasteiger partial charge is 0.250 e. The van der Waals surface area contributed by atoms with Crippen molar-refractivity contribution >= 4 is 29.3 Å². The fraction of sp³-hybridized carbons (Fsp3) is 0.200. The van der Waals surface area contributed by atoms with E-state index in [0.717, 1.165) is 12.0 Å². The zero-order valence-electron chi connectivity index (χ0n) is 14.8. The molecule has 2 aromatic rings. The summed E-state index contributed by atoms with van der Waals surface area (Å²) >= 11 is 5.14. The van der Waals surface area contributed by atoms with E-state index in [2.05, 4.69) is 22.8 Å². The maximum atomic E-state index is 12.0. The molecule has 0 unspecified atom stereocenters. The van der Waals surface area contributed by atoms with Crippen molar-refractivity contribution in [2.45, 2.75) is 6.42 Å². The van der Waals surface area contributed by atoms with E-state index in [0.29, 0.717) is 23.2 Å². The van der Waals surface area contributed by atoms with Gasteiger partial charge in [0.25, 0.3) is 0 Å². The molecule has 0 fully saturated rings. The first-order chi connectivity index (χ1) is 12.6. The Labute approximate surface area is 159 Å².